The molecule has 3 aliphatic rings. The van der Waals surface area contributed by atoms with Gasteiger partial charge in [0.05, 0.1) is 17.1 Å². The highest BCUT2D eigenvalue weighted by Crippen LogP contribution is 2.37. The second-order valence-corrected chi connectivity index (χ2v) is 11.0. The number of nitrogens with one attached hydrogen (secondary N) is 1. The highest BCUT2D eigenvalue weighted by molar-refractivity contribution is 7.99. The molecule has 0 aromatic heterocycles. The molecule has 4 rings (SSSR count). The summed E-state index contributed by atoms with van der Waals surface area (Å²) in [6.45, 7) is 2.24. The Labute approximate surface area is 172 Å². The van der Waals surface area contributed by atoms with Gasteiger partial charge in [-0.15, -0.1) is 11.8 Å². The molecular formula is C20H29N3O3S2. The number of hydrogen-bond acceptors (Lipinski definition) is 5. The number of rotatable bonds is 5. The van der Waals surface area contributed by atoms with Crippen molar-refractivity contribution < 1.29 is 13.2 Å². The molecule has 0 bridgehead atoms. The van der Waals surface area contributed by atoms with Crippen molar-refractivity contribution in [3.05, 3.63) is 18.2 Å². The SMILES string of the molecule is O=C(CN1CCSc2ccc(S(=O)(=O)N3CCCC3)cc21)NC1CCCCC1. The summed E-state index contributed by atoms with van der Waals surface area (Å²) in [6, 6.07) is 5.67. The van der Waals surface area contributed by atoms with Crippen LogP contribution in [0.25, 0.3) is 0 Å². The Morgan fingerprint density at radius 2 is 1.82 bits per heavy atom. The first-order chi connectivity index (χ1) is 13.5. The third kappa shape index (κ3) is 4.33. The van der Waals surface area contributed by atoms with Crippen molar-refractivity contribution in [3.8, 4) is 0 Å². The van der Waals surface area contributed by atoms with Gasteiger partial charge in [-0.25, -0.2) is 8.42 Å². The molecule has 154 valence electrons. The van der Waals surface area contributed by atoms with E-state index in [2.05, 4.69) is 5.32 Å². The molecule has 0 unspecified atom stereocenters. The fraction of sp³-hybridized carbons (Fsp3) is 0.650. The number of anilines is 1. The first-order valence-corrected chi connectivity index (χ1v) is 12.8. The third-order valence-electron chi connectivity index (χ3n) is 5.90. The molecule has 2 fully saturated rings. The molecule has 1 amide bonds. The van der Waals surface area contributed by atoms with Crippen LogP contribution in [0, 0.1) is 0 Å². The van der Waals surface area contributed by atoms with E-state index in [9.17, 15) is 13.2 Å². The first-order valence-electron chi connectivity index (χ1n) is 10.4. The Morgan fingerprint density at radius 1 is 1.07 bits per heavy atom. The predicted molar refractivity (Wildman–Crippen MR) is 112 cm³/mol. The van der Waals surface area contributed by atoms with Crippen LogP contribution in [0.4, 0.5) is 5.69 Å². The van der Waals surface area contributed by atoms with Crippen molar-refractivity contribution in [1.29, 1.82) is 0 Å². The Kier molecular flexibility index (Phi) is 6.18. The second-order valence-electron chi connectivity index (χ2n) is 7.91. The van der Waals surface area contributed by atoms with Crippen molar-refractivity contribution >= 4 is 33.4 Å². The van der Waals surface area contributed by atoms with Crippen molar-refractivity contribution in [2.75, 3.05) is 36.8 Å². The zero-order valence-electron chi connectivity index (χ0n) is 16.2. The van der Waals surface area contributed by atoms with E-state index in [1.807, 2.05) is 11.0 Å². The van der Waals surface area contributed by atoms with Crippen LogP contribution in [-0.4, -0.2) is 56.6 Å². The van der Waals surface area contributed by atoms with Gasteiger partial charge in [-0.3, -0.25) is 4.79 Å². The number of nitrogens with zero attached hydrogens (tertiary/aromatic N) is 2. The van der Waals surface area contributed by atoms with Gasteiger partial charge in [0.15, 0.2) is 0 Å². The minimum absolute atomic E-state index is 0.0394. The van der Waals surface area contributed by atoms with Crippen LogP contribution in [-0.2, 0) is 14.8 Å². The normalized spacial score (nSPS) is 21.5. The molecule has 1 N–H and O–H groups in total. The molecule has 2 heterocycles. The van der Waals surface area contributed by atoms with Crippen LogP contribution in [0.2, 0.25) is 0 Å². The molecule has 8 heteroatoms. The van der Waals surface area contributed by atoms with Gasteiger partial charge in [-0.2, -0.15) is 4.31 Å². The van der Waals surface area contributed by atoms with E-state index in [1.165, 1.54) is 19.3 Å². The number of hydrogen-bond donors (Lipinski definition) is 1. The lowest BCUT2D eigenvalue weighted by Crippen LogP contribution is -2.44. The molecule has 6 nitrogen and oxygen atoms in total. The highest BCUT2D eigenvalue weighted by Gasteiger charge is 2.29. The standard InChI is InChI=1S/C20H29N3O3S2/c24-20(21-16-6-2-1-3-7-16)15-22-12-13-27-19-9-8-17(14-18(19)22)28(25,26)23-10-4-5-11-23/h8-9,14,16H,1-7,10-13,15H2,(H,21,24). The van der Waals surface area contributed by atoms with Crippen LogP contribution in [0.5, 0.6) is 0 Å². The summed E-state index contributed by atoms with van der Waals surface area (Å²) >= 11 is 1.72. The lowest BCUT2D eigenvalue weighted by Gasteiger charge is -2.32. The molecule has 1 aromatic carbocycles. The third-order valence-corrected chi connectivity index (χ3v) is 8.83. The fourth-order valence-corrected chi connectivity index (χ4v) is 6.92. The summed E-state index contributed by atoms with van der Waals surface area (Å²) in [5.74, 6) is 0.944. The summed E-state index contributed by atoms with van der Waals surface area (Å²) in [5.41, 5.74) is 0.871. The van der Waals surface area contributed by atoms with Gasteiger partial charge >= 0.3 is 0 Å². The van der Waals surface area contributed by atoms with Gasteiger partial charge in [0, 0.05) is 36.3 Å². The van der Waals surface area contributed by atoms with Gasteiger partial charge in [-0.05, 0) is 43.9 Å². The average molecular weight is 424 g/mol. The van der Waals surface area contributed by atoms with Crippen molar-refractivity contribution in [1.82, 2.24) is 9.62 Å². The molecule has 28 heavy (non-hydrogen) atoms. The van der Waals surface area contributed by atoms with E-state index in [4.69, 9.17) is 0 Å². The maximum absolute atomic E-state index is 12.9. The first kappa shape index (κ1) is 20.0. The van der Waals surface area contributed by atoms with E-state index in [0.29, 0.717) is 24.0 Å². The van der Waals surface area contributed by atoms with Crippen molar-refractivity contribution in [2.45, 2.75) is 60.8 Å². The van der Waals surface area contributed by atoms with E-state index in [0.717, 1.165) is 48.6 Å². The summed E-state index contributed by atoms with van der Waals surface area (Å²) in [6.07, 6.45) is 7.61. The van der Waals surface area contributed by atoms with Gasteiger partial charge in [0.25, 0.3) is 0 Å². The lowest BCUT2D eigenvalue weighted by atomic mass is 9.95. The molecule has 2 aliphatic heterocycles. The molecule has 1 aromatic rings. The van der Waals surface area contributed by atoms with Gasteiger partial charge in [0.2, 0.25) is 15.9 Å². The van der Waals surface area contributed by atoms with Crippen LogP contribution in [0.15, 0.2) is 28.0 Å². The summed E-state index contributed by atoms with van der Waals surface area (Å²) in [4.78, 5) is 16.0. The molecule has 0 radical (unpaired) electrons. The molecule has 0 spiro atoms. The quantitative estimate of drug-likeness (QED) is 0.789. The molecule has 0 atom stereocenters. The number of fused-ring (bicyclic) bond motifs is 1. The number of sulfonamides is 1. The topological polar surface area (TPSA) is 69.7 Å². The zero-order valence-corrected chi connectivity index (χ0v) is 17.9. The lowest BCUT2D eigenvalue weighted by molar-refractivity contribution is -0.120. The van der Waals surface area contributed by atoms with Crippen LogP contribution >= 0.6 is 11.8 Å². The van der Waals surface area contributed by atoms with Gasteiger partial charge in [-0.1, -0.05) is 19.3 Å². The van der Waals surface area contributed by atoms with Gasteiger partial charge < -0.3 is 10.2 Å². The average Bonchev–Trinajstić information content (AvgIpc) is 3.24. The summed E-state index contributed by atoms with van der Waals surface area (Å²) < 4.78 is 27.4. The Hall–Kier alpha value is -1.25. The molecular weight excluding hydrogens is 394 g/mol. The number of carbonyl (C=O) groups is 1. The van der Waals surface area contributed by atoms with Crippen LogP contribution in [0.3, 0.4) is 0 Å². The number of thioether (sulfide) groups is 1. The van der Waals surface area contributed by atoms with Gasteiger partial charge in [0.1, 0.15) is 0 Å². The highest BCUT2D eigenvalue weighted by atomic mass is 32.2. The Morgan fingerprint density at radius 3 is 2.57 bits per heavy atom. The number of benzene rings is 1. The van der Waals surface area contributed by atoms with Crippen LogP contribution in [0.1, 0.15) is 44.9 Å². The fourth-order valence-electron chi connectivity index (χ4n) is 4.35. The second kappa shape index (κ2) is 8.63. The van der Waals surface area contributed by atoms with Crippen molar-refractivity contribution in [3.63, 3.8) is 0 Å². The maximum Gasteiger partial charge on any atom is 0.243 e. The maximum atomic E-state index is 12.9. The number of amides is 1. The number of carbonyl (C=O) groups excluding carboxylic acids is 1. The Bertz CT molecular complexity index is 816. The predicted octanol–water partition coefficient (Wildman–Crippen LogP) is 2.83. The summed E-state index contributed by atoms with van der Waals surface area (Å²) in [7, 11) is -3.45. The molecule has 1 saturated heterocycles. The zero-order chi connectivity index (χ0) is 19.6. The molecule has 1 saturated carbocycles. The van der Waals surface area contributed by atoms with E-state index >= 15 is 0 Å². The minimum atomic E-state index is -3.45. The van der Waals surface area contributed by atoms with E-state index in [-0.39, 0.29) is 12.5 Å². The minimum Gasteiger partial charge on any atom is -0.360 e. The molecule has 1 aliphatic carbocycles. The summed E-state index contributed by atoms with van der Waals surface area (Å²) in [5, 5.41) is 3.17. The Balaban J connectivity index is 1.50. The van der Waals surface area contributed by atoms with E-state index < -0.39 is 10.0 Å². The van der Waals surface area contributed by atoms with E-state index in [1.54, 1.807) is 28.2 Å². The largest absolute Gasteiger partial charge is 0.360 e. The smallest absolute Gasteiger partial charge is 0.243 e. The van der Waals surface area contributed by atoms with Crippen molar-refractivity contribution in [2.24, 2.45) is 0 Å². The van der Waals surface area contributed by atoms with Crippen LogP contribution < -0.4 is 10.2 Å². The monoisotopic (exact) mass is 423 g/mol.